The first kappa shape index (κ1) is 25.8. The lowest BCUT2D eigenvalue weighted by Crippen LogP contribution is -2.65. The van der Waals surface area contributed by atoms with Gasteiger partial charge in [-0.2, -0.15) is 0 Å². The summed E-state index contributed by atoms with van der Waals surface area (Å²) in [5.74, 6) is 0. The number of benzene rings is 19. The van der Waals surface area contributed by atoms with Gasteiger partial charge in [0, 0.05) is 5.41 Å². The molecule has 0 radical (unpaired) electrons. The van der Waals surface area contributed by atoms with E-state index < -0.39 is 16.4 Å². The van der Waals surface area contributed by atoms with Gasteiger partial charge in [0.2, 0.25) is 0 Å². The van der Waals surface area contributed by atoms with Crippen molar-refractivity contribution in [2.24, 2.45) is 0 Å². The first-order chi connectivity index (χ1) is 34.7. The maximum Gasteiger partial charge on any atom is 0.102 e. The fourth-order valence-electron chi connectivity index (χ4n) is 26.3. The standard InChI is InChI=1S/C69H10O/c1-67(70)8-5-3-2-4-7(8)6-68-63-55-47-37-27-19-11-9-10-13-17-15(11)23-31-25(17)35-29-21(13)22-14(10)18-16-12(9)20(19)28-34-24(16)32-26(18)36-30(22)40-39(29)51-45(35)53-43(31)49(41(47)33(23)27)57(63)59(53)65-61(51)62-52(40)46(36)54-44(32)50-42(34)48(38(28)37)56(55)64(68)58(50)60(54)66(62)69(65,67)68/h2-5,70H,6H2,1H3. The molecule has 29 aromatic rings. The van der Waals surface area contributed by atoms with Crippen molar-refractivity contribution in [3.63, 3.8) is 0 Å². The molecule has 0 bridgehead atoms. The third-order valence-corrected chi connectivity index (χ3v) is 26.2. The summed E-state index contributed by atoms with van der Waals surface area (Å²) < 4.78 is 0. The molecule has 5 aliphatic rings. The largest absolute Gasteiger partial charge is 0.384 e. The highest BCUT2D eigenvalue weighted by Crippen LogP contribution is 2.87. The van der Waals surface area contributed by atoms with Crippen molar-refractivity contribution in [1.29, 1.82) is 0 Å². The van der Waals surface area contributed by atoms with E-state index in [-0.39, 0.29) is 0 Å². The fraction of sp³-hybridized carbons (Fsp3) is 0.0725. The van der Waals surface area contributed by atoms with Crippen LogP contribution in [-0.4, -0.2) is 5.11 Å². The van der Waals surface area contributed by atoms with Crippen LogP contribution >= 0.6 is 0 Å². The van der Waals surface area contributed by atoms with Crippen LogP contribution in [-0.2, 0) is 22.9 Å². The Morgan fingerprint density at radius 3 is 0.671 bits per heavy atom. The van der Waals surface area contributed by atoms with Crippen LogP contribution in [0.15, 0.2) is 24.3 Å². The molecule has 0 saturated carbocycles. The number of hydrogen-bond donors (Lipinski definition) is 1. The molecule has 1 nitrogen and oxygen atoms in total. The number of rotatable bonds is 0. The van der Waals surface area contributed by atoms with Crippen LogP contribution in [0.25, 0.3) is 291 Å². The van der Waals surface area contributed by atoms with Crippen LogP contribution in [0.2, 0.25) is 0 Å². The van der Waals surface area contributed by atoms with Crippen LogP contribution in [0.1, 0.15) is 40.3 Å². The number of fused-ring (bicyclic) bond motifs is 1. The minimum Gasteiger partial charge on any atom is -0.384 e. The molecule has 0 amide bonds. The molecule has 1 N–H and O–H groups in total. The highest BCUT2D eigenvalue weighted by atomic mass is 16.3. The van der Waals surface area contributed by atoms with Gasteiger partial charge in [-0.15, -0.1) is 0 Å². The molecule has 0 heterocycles. The molecule has 1 heteroatoms. The molecule has 5 aliphatic carbocycles. The third-order valence-electron chi connectivity index (χ3n) is 26.2. The molecular formula is C69H10O. The Hall–Kier alpha value is -8.36. The summed E-state index contributed by atoms with van der Waals surface area (Å²) in [5.41, 5.74) is 6.47. The first-order valence-electron chi connectivity index (χ1n) is 26.3. The predicted octanol–water partition coefficient (Wildman–Crippen LogP) is 17.8. The summed E-state index contributed by atoms with van der Waals surface area (Å²) in [6, 6.07) is 9.32. The van der Waals surface area contributed by atoms with Gasteiger partial charge in [0.1, 0.15) is 5.60 Å². The van der Waals surface area contributed by atoms with Gasteiger partial charge >= 0.3 is 0 Å². The van der Waals surface area contributed by atoms with Crippen LogP contribution in [0.3, 0.4) is 0 Å². The smallest absolute Gasteiger partial charge is 0.102 e. The normalized spacial score (nSPS) is 24.5. The van der Waals surface area contributed by atoms with Gasteiger partial charge in [-0.05, 0) is 338 Å². The van der Waals surface area contributed by atoms with E-state index in [0.717, 1.165) is 12.0 Å². The average molecular weight is 855 g/mol. The second-order valence-corrected chi connectivity index (χ2v) is 26.3. The molecule has 0 saturated heterocycles. The molecule has 34 rings (SSSR count). The summed E-state index contributed by atoms with van der Waals surface area (Å²) in [4.78, 5) is 0. The van der Waals surface area contributed by atoms with Crippen molar-refractivity contribution in [3.8, 4) is 0 Å². The van der Waals surface area contributed by atoms with E-state index in [1.54, 1.807) is 313 Å². The molecule has 0 aromatic heterocycles. The van der Waals surface area contributed by atoms with Crippen molar-refractivity contribution in [1.82, 2.24) is 0 Å². The third kappa shape index (κ3) is 1.31. The minimum atomic E-state index is -1.20. The maximum absolute atomic E-state index is 15.2. The van der Waals surface area contributed by atoms with E-state index in [4.69, 9.17) is 0 Å². The second-order valence-electron chi connectivity index (χ2n) is 26.3. The number of aliphatic hydroxyl groups is 1. The molecule has 0 aliphatic heterocycles. The molecule has 292 valence electrons. The van der Waals surface area contributed by atoms with Gasteiger partial charge in [-0.3, -0.25) is 0 Å². The molecule has 2 spiro atoms. The van der Waals surface area contributed by atoms with Crippen LogP contribution in [0, 0.1) is 0 Å². The monoisotopic (exact) mass is 854 g/mol. The lowest BCUT2D eigenvalue weighted by atomic mass is 9.39. The van der Waals surface area contributed by atoms with E-state index in [9.17, 15) is 0 Å². The van der Waals surface area contributed by atoms with Crippen molar-refractivity contribution in [3.05, 3.63) is 57.6 Å². The molecule has 0 fully saturated rings. The van der Waals surface area contributed by atoms with Gasteiger partial charge in [-0.1, -0.05) is 24.3 Å². The Labute approximate surface area is 381 Å². The molecule has 1 unspecified atom stereocenters. The number of hydrogen-bond acceptors (Lipinski definition) is 1. The average Bonchev–Trinajstić information content (AvgIpc) is 4.40. The summed E-state index contributed by atoms with van der Waals surface area (Å²) in [7, 11) is 0. The molecule has 29 aromatic carbocycles. The van der Waals surface area contributed by atoms with Gasteiger partial charge in [0.05, 0.1) is 5.41 Å². The second kappa shape index (κ2) is 5.69. The highest BCUT2D eigenvalue weighted by Gasteiger charge is 2.76. The van der Waals surface area contributed by atoms with Gasteiger partial charge < -0.3 is 5.11 Å². The lowest BCUT2D eigenvalue weighted by Gasteiger charge is -2.63. The zero-order valence-electron chi connectivity index (χ0n) is 36.0. The van der Waals surface area contributed by atoms with E-state index in [1.807, 2.05) is 0 Å². The van der Waals surface area contributed by atoms with Crippen LogP contribution < -0.4 is 0 Å². The van der Waals surface area contributed by atoms with E-state index in [2.05, 4.69) is 31.2 Å². The van der Waals surface area contributed by atoms with Crippen LogP contribution in [0.4, 0.5) is 0 Å². The van der Waals surface area contributed by atoms with E-state index in [1.165, 1.54) is 5.56 Å². The van der Waals surface area contributed by atoms with Crippen molar-refractivity contribution in [2.75, 3.05) is 0 Å². The fourth-order valence-corrected chi connectivity index (χ4v) is 26.3. The molecule has 70 heavy (non-hydrogen) atoms. The quantitative estimate of drug-likeness (QED) is 0.151. The first-order valence-corrected chi connectivity index (χ1v) is 26.3. The van der Waals surface area contributed by atoms with Crippen molar-refractivity contribution >= 4 is 291 Å². The Bertz CT molecular complexity index is 7240. The zero-order chi connectivity index (χ0) is 41.7. The zero-order valence-corrected chi connectivity index (χ0v) is 36.0. The van der Waals surface area contributed by atoms with E-state index in [0.29, 0.717) is 0 Å². The summed E-state index contributed by atoms with van der Waals surface area (Å²) in [5, 5.41) is 102. The Morgan fingerprint density at radius 2 is 0.443 bits per heavy atom. The summed E-state index contributed by atoms with van der Waals surface area (Å²) >= 11 is 0. The van der Waals surface area contributed by atoms with Gasteiger partial charge in [-0.25, -0.2) is 0 Å². The predicted molar refractivity (Wildman–Crippen MR) is 294 cm³/mol. The van der Waals surface area contributed by atoms with Crippen molar-refractivity contribution in [2.45, 2.75) is 29.8 Å². The molecular weight excluding hydrogens is 845 g/mol. The Morgan fingerprint density at radius 1 is 0.257 bits per heavy atom. The summed E-state index contributed by atoms with van der Waals surface area (Å²) in [6.07, 6.45) is 0.926. The lowest BCUT2D eigenvalue weighted by molar-refractivity contribution is -0.0477. The minimum absolute atomic E-state index is 0.490. The van der Waals surface area contributed by atoms with E-state index >= 15 is 5.11 Å². The molecule has 1 atom stereocenters. The van der Waals surface area contributed by atoms with Crippen molar-refractivity contribution < 1.29 is 5.11 Å². The van der Waals surface area contributed by atoms with Crippen LogP contribution in [0.5, 0.6) is 0 Å². The van der Waals surface area contributed by atoms with Gasteiger partial charge in [0.25, 0.3) is 0 Å². The Kier molecular flexibility index (Phi) is 2.10. The highest BCUT2D eigenvalue weighted by molar-refractivity contribution is 6.82. The van der Waals surface area contributed by atoms with Gasteiger partial charge in [0.15, 0.2) is 0 Å². The topological polar surface area (TPSA) is 20.2 Å². The SMILES string of the molecule is CC1(O)c2ccccc2CC23c4c5c6c7c8c9c(c%10c%11c2c2c4c4c%12c5c5c6c6c8c8c%13c9c9c%10c%10c%11c%11c2c2c4c4c%12c%12c5c5c6c8c6c8c%13c9c9c%10c%10c%11c2c2c4c4c%12c5c6c5c8c9c%10c2c45)C713. The summed E-state index contributed by atoms with van der Waals surface area (Å²) in [6.45, 7) is 2.35. The Balaban J connectivity index is 1.21. The maximum atomic E-state index is 15.2.